The highest BCUT2D eigenvalue weighted by molar-refractivity contribution is 7.89. The lowest BCUT2D eigenvalue weighted by molar-refractivity contribution is -0.116. The van der Waals surface area contributed by atoms with Crippen molar-refractivity contribution < 1.29 is 13.2 Å². The molecule has 1 N–H and O–H groups in total. The summed E-state index contributed by atoms with van der Waals surface area (Å²) in [5, 5.41) is 4.80. The number of benzene rings is 1. The molecule has 0 unspecified atom stereocenters. The molecule has 23 heavy (non-hydrogen) atoms. The first-order valence-electron chi connectivity index (χ1n) is 7.52. The van der Waals surface area contributed by atoms with Gasteiger partial charge in [-0.15, -0.1) is 11.3 Å². The summed E-state index contributed by atoms with van der Waals surface area (Å²) in [7, 11) is -3.50. The summed E-state index contributed by atoms with van der Waals surface area (Å²) in [5.41, 5.74) is 2.72. The molecule has 2 aliphatic heterocycles. The van der Waals surface area contributed by atoms with Gasteiger partial charge in [0.15, 0.2) is 0 Å². The van der Waals surface area contributed by atoms with E-state index in [-0.39, 0.29) is 5.91 Å². The summed E-state index contributed by atoms with van der Waals surface area (Å²) in [5.74, 6) is -0.0193. The van der Waals surface area contributed by atoms with Crippen LogP contribution in [0.3, 0.4) is 0 Å². The topological polar surface area (TPSA) is 66.5 Å². The standard InChI is InChI=1S/C16H16N2O3S2/c19-16-4-1-11-9-13(2-3-14(11)17-16)23(20,21)18-7-5-15-12(10-18)6-8-22-15/h2-3,6,8-9H,1,4-5,7,10H2,(H,17,19). The number of carbonyl (C=O) groups is 1. The predicted molar refractivity (Wildman–Crippen MR) is 89.0 cm³/mol. The molecule has 1 aromatic carbocycles. The summed E-state index contributed by atoms with van der Waals surface area (Å²) in [6.07, 6.45) is 1.75. The zero-order valence-corrected chi connectivity index (χ0v) is 14.0. The van der Waals surface area contributed by atoms with Gasteiger partial charge in [-0.05, 0) is 53.6 Å². The minimum absolute atomic E-state index is 0.0193. The first-order valence-corrected chi connectivity index (χ1v) is 9.84. The summed E-state index contributed by atoms with van der Waals surface area (Å²) < 4.78 is 27.4. The van der Waals surface area contributed by atoms with Gasteiger partial charge in [0.25, 0.3) is 0 Å². The summed E-state index contributed by atoms with van der Waals surface area (Å²) in [4.78, 5) is 13.0. The molecular formula is C16H16N2O3S2. The number of rotatable bonds is 2. The molecule has 0 aliphatic carbocycles. The number of thiophene rings is 1. The molecule has 5 nitrogen and oxygen atoms in total. The highest BCUT2D eigenvalue weighted by atomic mass is 32.2. The smallest absolute Gasteiger partial charge is 0.243 e. The molecular weight excluding hydrogens is 332 g/mol. The largest absolute Gasteiger partial charge is 0.326 e. The quantitative estimate of drug-likeness (QED) is 0.906. The summed E-state index contributed by atoms with van der Waals surface area (Å²) in [6.45, 7) is 0.957. The molecule has 4 rings (SSSR count). The van der Waals surface area contributed by atoms with Crippen molar-refractivity contribution in [3.05, 3.63) is 45.6 Å². The normalized spacial score (nSPS) is 18.2. The predicted octanol–water partition coefficient (Wildman–Crippen LogP) is 2.38. The fraction of sp³-hybridized carbons (Fsp3) is 0.312. The Morgan fingerprint density at radius 3 is 2.83 bits per heavy atom. The molecule has 2 aliphatic rings. The van der Waals surface area contributed by atoms with Crippen LogP contribution in [0, 0.1) is 0 Å². The Morgan fingerprint density at radius 2 is 1.96 bits per heavy atom. The Morgan fingerprint density at radius 1 is 1.09 bits per heavy atom. The van der Waals surface area contributed by atoms with E-state index in [4.69, 9.17) is 0 Å². The van der Waals surface area contributed by atoms with Gasteiger partial charge < -0.3 is 5.32 Å². The molecule has 0 bridgehead atoms. The zero-order chi connectivity index (χ0) is 16.0. The van der Waals surface area contributed by atoms with Crippen molar-refractivity contribution in [1.29, 1.82) is 0 Å². The first-order chi connectivity index (χ1) is 11.0. The minimum Gasteiger partial charge on any atom is -0.326 e. The Bertz CT molecular complexity index is 886. The second-order valence-corrected chi connectivity index (χ2v) is 8.76. The average molecular weight is 348 g/mol. The van der Waals surface area contributed by atoms with Crippen LogP contribution in [-0.2, 0) is 34.2 Å². The lowest BCUT2D eigenvalue weighted by atomic mass is 10.0. The van der Waals surface area contributed by atoms with Crippen LogP contribution in [0.1, 0.15) is 22.4 Å². The monoisotopic (exact) mass is 348 g/mol. The number of nitrogens with one attached hydrogen (secondary N) is 1. The zero-order valence-electron chi connectivity index (χ0n) is 12.4. The lowest BCUT2D eigenvalue weighted by Crippen LogP contribution is -2.35. The van der Waals surface area contributed by atoms with E-state index < -0.39 is 10.0 Å². The van der Waals surface area contributed by atoms with Gasteiger partial charge in [-0.3, -0.25) is 4.79 Å². The van der Waals surface area contributed by atoms with E-state index in [0.717, 1.165) is 23.2 Å². The first kappa shape index (κ1) is 14.9. The third-order valence-corrected chi connectivity index (χ3v) is 7.25. The van der Waals surface area contributed by atoms with Crippen LogP contribution < -0.4 is 5.32 Å². The van der Waals surface area contributed by atoms with Crippen molar-refractivity contribution in [2.45, 2.75) is 30.7 Å². The van der Waals surface area contributed by atoms with Gasteiger partial charge in [0.1, 0.15) is 0 Å². The van der Waals surface area contributed by atoms with Gasteiger partial charge in [0, 0.05) is 30.1 Å². The van der Waals surface area contributed by atoms with E-state index in [1.165, 1.54) is 4.88 Å². The molecule has 1 aromatic heterocycles. The maximum Gasteiger partial charge on any atom is 0.243 e. The third-order valence-electron chi connectivity index (χ3n) is 4.38. The number of amides is 1. The van der Waals surface area contributed by atoms with E-state index in [9.17, 15) is 13.2 Å². The fourth-order valence-electron chi connectivity index (χ4n) is 3.10. The van der Waals surface area contributed by atoms with Crippen LogP contribution in [0.4, 0.5) is 5.69 Å². The van der Waals surface area contributed by atoms with E-state index in [1.807, 2.05) is 11.4 Å². The minimum atomic E-state index is -3.50. The lowest BCUT2D eigenvalue weighted by Gasteiger charge is -2.27. The van der Waals surface area contributed by atoms with Crippen molar-refractivity contribution in [2.75, 3.05) is 11.9 Å². The van der Waals surface area contributed by atoms with Gasteiger partial charge in [0.05, 0.1) is 4.90 Å². The fourth-order valence-corrected chi connectivity index (χ4v) is 5.46. The van der Waals surface area contributed by atoms with E-state index in [2.05, 4.69) is 5.32 Å². The number of fused-ring (bicyclic) bond motifs is 2. The van der Waals surface area contributed by atoms with Crippen LogP contribution in [-0.4, -0.2) is 25.2 Å². The molecule has 0 spiro atoms. The average Bonchev–Trinajstić information content (AvgIpc) is 3.01. The van der Waals surface area contributed by atoms with Crippen molar-refractivity contribution in [3.8, 4) is 0 Å². The molecule has 0 atom stereocenters. The molecule has 0 saturated carbocycles. The Hall–Kier alpha value is -1.70. The van der Waals surface area contributed by atoms with Gasteiger partial charge in [-0.1, -0.05) is 0 Å². The second-order valence-electron chi connectivity index (χ2n) is 5.82. The Kier molecular flexibility index (Phi) is 3.51. The maximum atomic E-state index is 12.9. The van der Waals surface area contributed by atoms with E-state index in [1.54, 1.807) is 33.8 Å². The highest BCUT2D eigenvalue weighted by Crippen LogP contribution is 2.30. The molecule has 1 amide bonds. The van der Waals surface area contributed by atoms with Crippen molar-refractivity contribution in [3.63, 3.8) is 0 Å². The number of aryl methyl sites for hydroxylation is 1. The van der Waals surface area contributed by atoms with Gasteiger partial charge in [-0.25, -0.2) is 8.42 Å². The number of hydrogen-bond acceptors (Lipinski definition) is 4. The summed E-state index contributed by atoms with van der Waals surface area (Å²) in [6, 6.07) is 6.99. The SMILES string of the molecule is O=C1CCc2cc(S(=O)(=O)N3CCc4sccc4C3)ccc2N1. The van der Waals surface area contributed by atoms with Crippen LogP contribution in [0.5, 0.6) is 0 Å². The third kappa shape index (κ3) is 2.58. The second kappa shape index (κ2) is 5.43. The van der Waals surface area contributed by atoms with Crippen LogP contribution in [0.2, 0.25) is 0 Å². The van der Waals surface area contributed by atoms with E-state index in [0.29, 0.717) is 30.8 Å². The van der Waals surface area contributed by atoms with Crippen LogP contribution in [0.15, 0.2) is 34.5 Å². The van der Waals surface area contributed by atoms with Crippen LogP contribution >= 0.6 is 11.3 Å². The highest BCUT2D eigenvalue weighted by Gasteiger charge is 2.29. The van der Waals surface area contributed by atoms with Gasteiger partial charge >= 0.3 is 0 Å². The molecule has 120 valence electrons. The van der Waals surface area contributed by atoms with Crippen molar-refractivity contribution in [2.24, 2.45) is 0 Å². The van der Waals surface area contributed by atoms with Crippen LogP contribution in [0.25, 0.3) is 0 Å². The van der Waals surface area contributed by atoms with Gasteiger partial charge in [-0.2, -0.15) is 4.31 Å². The molecule has 3 heterocycles. The number of carbonyl (C=O) groups excluding carboxylic acids is 1. The Balaban J connectivity index is 1.66. The molecule has 7 heteroatoms. The summed E-state index contributed by atoms with van der Waals surface area (Å²) >= 11 is 1.69. The molecule has 2 aromatic rings. The van der Waals surface area contributed by atoms with E-state index >= 15 is 0 Å². The molecule has 0 fully saturated rings. The van der Waals surface area contributed by atoms with Crippen molar-refractivity contribution in [1.82, 2.24) is 4.31 Å². The molecule has 0 radical (unpaired) electrons. The number of hydrogen-bond donors (Lipinski definition) is 1. The van der Waals surface area contributed by atoms with Gasteiger partial charge in [0.2, 0.25) is 15.9 Å². The molecule has 0 saturated heterocycles. The maximum absolute atomic E-state index is 12.9. The number of anilines is 1. The number of sulfonamides is 1. The Labute approximate surface area is 139 Å². The van der Waals surface area contributed by atoms with Crippen molar-refractivity contribution >= 4 is 33.0 Å². The number of nitrogens with zero attached hydrogens (tertiary/aromatic N) is 1.